The minimum atomic E-state index is 0.0336. The molecular formula is C13H18O3. The monoisotopic (exact) mass is 222 g/mol. The summed E-state index contributed by atoms with van der Waals surface area (Å²) in [5.41, 5.74) is 1.91. The minimum absolute atomic E-state index is 0.0336. The zero-order valence-corrected chi connectivity index (χ0v) is 9.61. The second-order valence-electron chi connectivity index (χ2n) is 3.56. The number of ether oxygens (including phenoxy) is 2. The lowest BCUT2D eigenvalue weighted by Crippen LogP contribution is -1.98. The van der Waals surface area contributed by atoms with E-state index in [2.05, 4.69) is 6.58 Å². The third-order valence-corrected chi connectivity index (χ3v) is 2.25. The Morgan fingerprint density at radius 2 is 2.00 bits per heavy atom. The molecule has 0 aliphatic heterocycles. The van der Waals surface area contributed by atoms with Crippen molar-refractivity contribution >= 4 is 0 Å². The van der Waals surface area contributed by atoms with Crippen molar-refractivity contribution < 1.29 is 14.6 Å². The fourth-order valence-corrected chi connectivity index (χ4v) is 1.21. The predicted molar refractivity (Wildman–Crippen MR) is 63.5 cm³/mol. The molecule has 0 saturated carbocycles. The summed E-state index contributed by atoms with van der Waals surface area (Å²) in [5, 5.41) is 8.74. The van der Waals surface area contributed by atoms with E-state index in [9.17, 15) is 0 Å². The Morgan fingerprint density at radius 1 is 1.31 bits per heavy atom. The smallest absolute Gasteiger partial charge is 0.118 e. The van der Waals surface area contributed by atoms with E-state index in [0.717, 1.165) is 16.9 Å². The van der Waals surface area contributed by atoms with Gasteiger partial charge in [-0.05, 0) is 29.7 Å². The van der Waals surface area contributed by atoms with Gasteiger partial charge in [-0.1, -0.05) is 18.7 Å². The van der Waals surface area contributed by atoms with Crippen molar-refractivity contribution in [1.82, 2.24) is 0 Å². The van der Waals surface area contributed by atoms with Crippen LogP contribution in [0, 0.1) is 0 Å². The molecule has 1 rings (SSSR count). The van der Waals surface area contributed by atoms with Crippen molar-refractivity contribution in [3.63, 3.8) is 0 Å². The van der Waals surface area contributed by atoms with Crippen molar-refractivity contribution in [3.05, 3.63) is 42.0 Å². The van der Waals surface area contributed by atoms with E-state index in [-0.39, 0.29) is 6.61 Å². The summed E-state index contributed by atoms with van der Waals surface area (Å²) >= 11 is 0. The average Bonchev–Trinajstić information content (AvgIpc) is 2.35. The molecule has 0 aromatic heterocycles. The molecule has 0 bridgehead atoms. The first-order valence-electron chi connectivity index (χ1n) is 5.24. The first-order valence-corrected chi connectivity index (χ1v) is 5.24. The maximum Gasteiger partial charge on any atom is 0.118 e. The van der Waals surface area contributed by atoms with Gasteiger partial charge in [-0.15, -0.1) is 0 Å². The van der Waals surface area contributed by atoms with Gasteiger partial charge in [-0.3, -0.25) is 0 Å². The number of aliphatic hydroxyl groups excluding tert-OH is 1. The maximum absolute atomic E-state index is 8.74. The molecule has 0 aliphatic carbocycles. The van der Waals surface area contributed by atoms with Gasteiger partial charge in [-0.2, -0.15) is 0 Å². The molecule has 1 aromatic carbocycles. The van der Waals surface area contributed by atoms with Gasteiger partial charge in [0.1, 0.15) is 5.75 Å². The van der Waals surface area contributed by atoms with Crippen LogP contribution in [0.1, 0.15) is 12.0 Å². The average molecular weight is 222 g/mol. The highest BCUT2D eigenvalue weighted by Crippen LogP contribution is 2.12. The van der Waals surface area contributed by atoms with Crippen LogP contribution < -0.4 is 4.74 Å². The van der Waals surface area contributed by atoms with Gasteiger partial charge in [0.2, 0.25) is 0 Å². The molecule has 0 fully saturated rings. The Bertz CT molecular complexity index is 316. The molecule has 3 nitrogen and oxygen atoms in total. The topological polar surface area (TPSA) is 38.7 Å². The number of aliphatic hydroxyl groups is 1. The normalized spacial score (nSPS) is 10.1. The zero-order valence-electron chi connectivity index (χ0n) is 9.61. The second-order valence-corrected chi connectivity index (χ2v) is 3.56. The van der Waals surface area contributed by atoms with E-state index in [1.54, 1.807) is 7.11 Å². The lowest BCUT2D eigenvalue weighted by molar-refractivity contribution is 0.121. The summed E-state index contributed by atoms with van der Waals surface area (Å²) in [6.45, 7) is 4.89. The quantitative estimate of drug-likeness (QED) is 0.567. The van der Waals surface area contributed by atoms with Crippen molar-refractivity contribution in [3.8, 4) is 5.75 Å². The predicted octanol–water partition coefficient (Wildman–Crippen LogP) is 2.15. The van der Waals surface area contributed by atoms with Crippen LogP contribution in [0.2, 0.25) is 0 Å². The Balaban J connectivity index is 2.24. The van der Waals surface area contributed by atoms with E-state index in [0.29, 0.717) is 19.6 Å². The fraction of sp³-hybridized carbons (Fsp3) is 0.385. The van der Waals surface area contributed by atoms with Crippen LogP contribution in [0.25, 0.3) is 0 Å². The molecule has 88 valence electrons. The van der Waals surface area contributed by atoms with Crippen LogP contribution in [0.4, 0.5) is 0 Å². The van der Waals surface area contributed by atoms with E-state index < -0.39 is 0 Å². The van der Waals surface area contributed by atoms with Crippen LogP contribution in [0.15, 0.2) is 36.4 Å². The molecule has 1 aromatic rings. The molecule has 0 spiro atoms. The summed E-state index contributed by atoms with van der Waals surface area (Å²) in [5.74, 6) is 0.845. The summed E-state index contributed by atoms with van der Waals surface area (Å²) < 4.78 is 10.5. The number of hydrogen-bond donors (Lipinski definition) is 1. The van der Waals surface area contributed by atoms with Crippen molar-refractivity contribution in [2.24, 2.45) is 0 Å². The lowest BCUT2D eigenvalue weighted by Gasteiger charge is -2.06. The highest BCUT2D eigenvalue weighted by atomic mass is 16.5. The van der Waals surface area contributed by atoms with Gasteiger partial charge < -0.3 is 14.6 Å². The van der Waals surface area contributed by atoms with Gasteiger partial charge in [-0.25, -0.2) is 0 Å². The van der Waals surface area contributed by atoms with Gasteiger partial charge in [0.25, 0.3) is 0 Å². The highest BCUT2D eigenvalue weighted by molar-refractivity contribution is 5.26. The Labute approximate surface area is 96.3 Å². The molecule has 1 N–H and O–H groups in total. The standard InChI is InChI=1S/C13H18O3/c1-11(9-14)7-8-16-10-12-3-5-13(15-2)6-4-12/h3-6,14H,1,7-10H2,2H3. The summed E-state index contributed by atoms with van der Waals surface area (Å²) in [6, 6.07) is 7.76. The molecule has 0 amide bonds. The number of methoxy groups -OCH3 is 1. The molecule has 0 radical (unpaired) electrons. The summed E-state index contributed by atoms with van der Waals surface area (Å²) in [4.78, 5) is 0. The largest absolute Gasteiger partial charge is 0.497 e. The van der Waals surface area contributed by atoms with Gasteiger partial charge >= 0.3 is 0 Å². The van der Waals surface area contributed by atoms with Crippen LogP contribution in [-0.2, 0) is 11.3 Å². The van der Waals surface area contributed by atoms with E-state index in [1.807, 2.05) is 24.3 Å². The van der Waals surface area contributed by atoms with Gasteiger partial charge in [0, 0.05) is 0 Å². The highest BCUT2D eigenvalue weighted by Gasteiger charge is 1.96. The summed E-state index contributed by atoms with van der Waals surface area (Å²) in [7, 11) is 1.64. The van der Waals surface area contributed by atoms with Gasteiger partial charge in [0.05, 0.1) is 26.9 Å². The molecule has 3 heteroatoms. The molecule has 0 unspecified atom stereocenters. The first kappa shape index (κ1) is 12.7. The Morgan fingerprint density at radius 3 is 2.56 bits per heavy atom. The lowest BCUT2D eigenvalue weighted by atomic mass is 10.2. The maximum atomic E-state index is 8.74. The summed E-state index contributed by atoms with van der Waals surface area (Å²) in [6.07, 6.45) is 0.701. The molecular weight excluding hydrogens is 204 g/mol. The van der Waals surface area contributed by atoms with Crippen LogP contribution in [0.3, 0.4) is 0 Å². The SMILES string of the molecule is C=C(CO)CCOCc1ccc(OC)cc1. The van der Waals surface area contributed by atoms with E-state index in [4.69, 9.17) is 14.6 Å². The molecule has 0 atom stereocenters. The first-order chi connectivity index (χ1) is 7.76. The molecule has 0 saturated heterocycles. The fourth-order valence-electron chi connectivity index (χ4n) is 1.21. The molecule has 0 aliphatic rings. The van der Waals surface area contributed by atoms with Crippen molar-refractivity contribution in [2.45, 2.75) is 13.0 Å². The van der Waals surface area contributed by atoms with Crippen LogP contribution in [-0.4, -0.2) is 25.4 Å². The number of benzene rings is 1. The molecule has 16 heavy (non-hydrogen) atoms. The van der Waals surface area contributed by atoms with Crippen molar-refractivity contribution in [2.75, 3.05) is 20.3 Å². The van der Waals surface area contributed by atoms with E-state index >= 15 is 0 Å². The van der Waals surface area contributed by atoms with Gasteiger partial charge in [0.15, 0.2) is 0 Å². The third kappa shape index (κ3) is 4.47. The third-order valence-electron chi connectivity index (χ3n) is 2.25. The Hall–Kier alpha value is -1.32. The number of rotatable bonds is 7. The Kier molecular flexibility index (Phi) is 5.61. The second kappa shape index (κ2) is 7.04. The minimum Gasteiger partial charge on any atom is -0.497 e. The number of hydrogen-bond acceptors (Lipinski definition) is 3. The van der Waals surface area contributed by atoms with Crippen LogP contribution in [0.5, 0.6) is 5.75 Å². The zero-order chi connectivity index (χ0) is 11.8. The van der Waals surface area contributed by atoms with E-state index in [1.165, 1.54) is 0 Å². The molecule has 0 heterocycles. The van der Waals surface area contributed by atoms with Crippen molar-refractivity contribution in [1.29, 1.82) is 0 Å². The van der Waals surface area contributed by atoms with Crippen LogP contribution >= 0.6 is 0 Å².